The molecule has 1 heterocycles. The lowest BCUT2D eigenvalue weighted by Gasteiger charge is -2.47. The van der Waals surface area contributed by atoms with Crippen molar-refractivity contribution in [2.45, 2.75) is 51.4 Å². The van der Waals surface area contributed by atoms with Gasteiger partial charge >= 0.3 is 0 Å². The van der Waals surface area contributed by atoms with E-state index in [0.717, 1.165) is 32.4 Å². The largest absolute Gasteiger partial charge is 0.391 e. The lowest BCUT2D eigenvalue weighted by atomic mass is 9.81. The first kappa shape index (κ1) is 12.3. The average molecular weight is 227 g/mol. The molecule has 3 nitrogen and oxygen atoms in total. The molecule has 0 unspecified atom stereocenters. The minimum Gasteiger partial charge on any atom is -0.391 e. The van der Waals surface area contributed by atoms with Crippen molar-refractivity contribution >= 4 is 0 Å². The molecule has 0 amide bonds. The molecule has 1 N–H and O–H groups in total. The Hall–Kier alpha value is -0.120. The summed E-state index contributed by atoms with van der Waals surface area (Å²) in [7, 11) is 1.79. The Morgan fingerprint density at radius 1 is 1.31 bits per heavy atom. The van der Waals surface area contributed by atoms with Crippen LogP contribution in [0.15, 0.2) is 0 Å². The fourth-order valence-electron chi connectivity index (χ4n) is 3.11. The quantitative estimate of drug-likeness (QED) is 0.793. The molecule has 3 heteroatoms. The third-order valence-electron chi connectivity index (χ3n) is 4.44. The van der Waals surface area contributed by atoms with E-state index in [4.69, 9.17) is 4.74 Å². The van der Waals surface area contributed by atoms with E-state index in [1.165, 1.54) is 0 Å². The van der Waals surface area contributed by atoms with Crippen molar-refractivity contribution in [3.05, 3.63) is 0 Å². The van der Waals surface area contributed by atoms with Gasteiger partial charge in [0.1, 0.15) is 0 Å². The van der Waals surface area contributed by atoms with Crippen molar-refractivity contribution < 1.29 is 9.84 Å². The summed E-state index contributed by atoms with van der Waals surface area (Å²) in [5.74, 6) is 1.10. The zero-order chi connectivity index (χ0) is 11.7. The average Bonchev–Trinajstić information content (AvgIpc) is 2.15. The van der Waals surface area contributed by atoms with Crippen molar-refractivity contribution in [2.75, 3.05) is 20.2 Å². The summed E-state index contributed by atoms with van der Waals surface area (Å²) in [6, 6.07) is 0.660. The minimum absolute atomic E-state index is 0.129. The lowest BCUT2D eigenvalue weighted by Crippen LogP contribution is -2.55. The van der Waals surface area contributed by atoms with E-state index in [2.05, 4.69) is 18.7 Å². The van der Waals surface area contributed by atoms with Gasteiger partial charge in [0.15, 0.2) is 0 Å². The van der Waals surface area contributed by atoms with Crippen molar-refractivity contribution in [2.24, 2.45) is 11.8 Å². The summed E-state index contributed by atoms with van der Waals surface area (Å²) >= 11 is 0. The van der Waals surface area contributed by atoms with Gasteiger partial charge in [0, 0.05) is 19.7 Å². The van der Waals surface area contributed by atoms with Crippen LogP contribution >= 0.6 is 0 Å². The summed E-state index contributed by atoms with van der Waals surface area (Å²) in [4.78, 5) is 2.46. The molecule has 0 aromatic carbocycles. The van der Waals surface area contributed by atoms with Gasteiger partial charge in [-0.1, -0.05) is 13.8 Å². The van der Waals surface area contributed by atoms with E-state index in [9.17, 15) is 5.11 Å². The second kappa shape index (κ2) is 5.03. The first-order valence-electron chi connectivity index (χ1n) is 6.56. The van der Waals surface area contributed by atoms with E-state index >= 15 is 0 Å². The molecular weight excluding hydrogens is 202 g/mol. The number of hydrogen-bond acceptors (Lipinski definition) is 3. The van der Waals surface area contributed by atoms with Crippen LogP contribution in [-0.2, 0) is 4.74 Å². The molecule has 2 rings (SSSR count). The van der Waals surface area contributed by atoms with Gasteiger partial charge in [0.05, 0.1) is 12.2 Å². The predicted molar refractivity (Wildman–Crippen MR) is 64.3 cm³/mol. The number of likely N-dealkylation sites (tertiary alicyclic amines) is 1. The zero-order valence-electron chi connectivity index (χ0n) is 10.7. The molecule has 1 saturated heterocycles. The third kappa shape index (κ3) is 2.41. The minimum atomic E-state index is -0.129. The monoisotopic (exact) mass is 227 g/mol. The van der Waals surface area contributed by atoms with Crippen molar-refractivity contribution in [1.29, 1.82) is 0 Å². The Bertz CT molecular complexity index is 226. The molecule has 2 atom stereocenters. The summed E-state index contributed by atoms with van der Waals surface area (Å²) in [5, 5.41) is 10.1. The Morgan fingerprint density at radius 2 is 2.00 bits per heavy atom. The fourth-order valence-corrected chi connectivity index (χ4v) is 3.11. The summed E-state index contributed by atoms with van der Waals surface area (Å²) in [6.07, 6.45) is 3.78. The van der Waals surface area contributed by atoms with Gasteiger partial charge in [-0.2, -0.15) is 0 Å². The number of aliphatic hydroxyl groups excluding tert-OH is 1. The predicted octanol–water partition coefficient (Wildman–Crippen LogP) is 1.50. The maximum Gasteiger partial charge on any atom is 0.0698 e. The molecule has 2 aliphatic rings. The number of rotatable bonds is 3. The number of hydrogen-bond donors (Lipinski definition) is 1. The first-order valence-corrected chi connectivity index (χ1v) is 6.56. The smallest absolute Gasteiger partial charge is 0.0698 e. The van der Waals surface area contributed by atoms with Crippen LogP contribution in [0.2, 0.25) is 0 Å². The van der Waals surface area contributed by atoms with E-state index in [-0.39, 0.29) is 6.10 Å². The maximum absolute atomic E-state index is 10.1. The second-order valence-corrected chi connectivity index (χ2v) is 5.74. The van der Waals surface area contributed by atoms with Gasteiger partial charge in [0.2, 0.25) is 0 Å². The molecule has 0 radical (unpaired) electrons. The zero-order valence-corrected chi connectivity index (χ0v) is 10.7. The fraction of sp³-hybridized carbons (Fsp3) is 1.00. The third-order valence-corrected chi connectivity index (χ3v) is 4.44. The topological polar surface area (TPSA) is 32.7 Å². The van der Waals surface area contributed by atoms with Crippen LogP contribution in [0.5, 0.6) is 0 Å². The highest BCUT2D eigenvalue weighted by molar-refractivity contribution is 4.92. The molecule has 0 bridgehead atoms. The number of piperidine rings is 1. The normalized spacial score (nSPS) is 41.1. The van der Waals surface area contributed by atoms with E-state index in [1.807, 2.05) is 0 Å². The Balaban J connectivity index is 1.79. The van der Waals surface area contributed by atoms with Gasteiger partial charge in [-0.05, 0) is 37.6 Å². The molecule has 0 spiro atoms. The molecule has 94 valence electrons. The maximum atomic E-state index is 10.1. The van der Waals surface area contributed by atoms with E-state index < -0.39 is 0 Å². The number of β-amino-alcohol motifs (C(OH)–C–C–N with tert-alkyl or cyclic N) is 1. The van der Waals surface area contributed by atoms with E-state index in [1.54, 1.807) is 7.11 Å². The molecule has 1 saturated carbocycles. The summed E-state index contributed by atoms with van der Waals surface area (Å²) in [5.41, 5.74) is 0. The Morgan fingerprint density at radius 3 is 2.50 bits per heavy atom. The van der Waals surface area contributed by atoms with Crippen LogP contribution in [-0.4, -0.2) is 48.5 Å². The van der Waals surface area contributed by atoms with Gasteiger partial charge in [0.25, 0.3) is 0 Å². The van der Waals surface area contributed by atoms with Crippen molar-refractivity contribution in [3.63, 3.8) is 0 Å². The van der Waals surface area contributed by atoms with Crippen LogP contribution in [0.25, 0.3) is 0 Å². The van der Waals surface area contributed by atoms with Crippen molar-refractivity contribution in [1.82, 2.24) is 4.90 Å². The standard InChI is InChI=1S/C13H25NO2/c1-9(2)12-4-5-14(8-13(12)15)10-6-11(7-10)16-3/h9-13,15H,4-8H2,1-3H3/t10-,11-,12-,13-/m1/s1. The molecular formula is C13H25NO2. The molecule has 1 aliphatic heterocycles. The molecule has 2 fully saturated rings. The highest BCUT2D eigenvalue weighted by atomic mass is 16.5. The van der Waals surface area contributed by atoms with Crippen LogP contribution in [0, 0.1) is 11.8 Å². The summed E-state index contributed by atoms with van der Waals surface area (Å²) in [6.45, 7) is 6.45. The van der Waals surface area contributed by atoms with E-state index in [0.29, 0.717) is 24.0 Å². The molecule has 1 aliphatic carbocycles. The van der Waals surface area contributed by atoms with Gasteiger partial charge in [-0.25, -0.2) is 0 Å². The number of nitrogens with zero attached hydrogens (tertiary/aromatic N) is 1. The van der Waals surface area contributed by atoms with Gasteiger partial charge in [-0.15, -0.1) is 0 Å². The molecule has 16 heavy (non-hydrogen) atoms. The number of ether oxygens (including phenoxy) is 1. The number of aliphatic hydroxyl groups is 1. The molecule has 0 aromatic heterocycles. The Labute approximate surface area is 98.8 Å². The SMILES string of the molecule is CO[C@H]1C[C@H](N2CC[C@H](C(C)C)[C@H](O)C2)C1. The highest BCUT2D eigenvalue weighted by Gasteiger charge is 2.38. The van der Waals surface area contributed by atoms with Crippen LogP contribution in [0.1, 0.15) is 33.1 Å². The van der Waals surface area contributed by atoms with Crippen LogP contribution in [0.4, 0.5) is 0 Å². The summed E-state index contributed by atoms with van der Waals surface area (Å²) < 4.78 is 5.30. The second-order valence-electron chi connectivity index (χ2n) is 5.74. The van der Waals surface area contributed by atoms with Crippen molar-refractivity contribution in [3.8, 4) is 0 Å². The van der Waals surface area contributed by atoms with Gasteiger partial charge < -0.3 is 9.84 Å². The van der Waals surface area contributed by atoms with Crippen LogP contribution in [0.3, 0.4) is 0 Å². The molecule has 0 aromatic rings. The van der Waals surface area contributed by atoms with Gasteiger partial charge in [-0.3, -0.25) is 4.90 Å². The number of methoxy groups -OCH3 is 1. The Kier molecular flexibility index (Phi) is 3.88. The van der Waals surface area contributed by atoms with Crippen LogP contribution < -0.4 is 0 Å². The first-order chi connectivity index (χ1) is 7.61. The highest BCUT2D eigenvalue weighted by Crippen LogP contribution is 2.33. The lowest BCUT2D eigenvalue weighted by molar-refractivity contribution is -0.0699.